The van der Waals surface area contributed by atoms with E-state index in [4.69, 9.17) is 38.5 Å². The van der Waals surface area contributed by atoms with Crippen LogP contribution in [0.4, 0.5) is 28.8 Å². The second-order valence-electron chi connectivity index (χ2n) is 33.3. The van der Waals surface area contributed by atoms with E-state index in [1.54, 1.807) is 49.3 Å². The molecule has 6 heterocycles. The molecule has 5 aromatic heterocycles. The van der Waals surface area contributed by atoms with Gasteiger partial charge in [-0.1, -0.05) is 170 Å². The summed E-state index contributed by atoms with van der Waals surface area (Å²) in [6.07, 6.45) is 0.813. The minimum atomic E-state index is -0.629. The van der Waals surface area contributed by atoms with Gasteiger partial charge in [0, 0.05) is 28.8 Å². The monoisotopic (exact) mass is 1590 g/mol. The molecular weight excluding hydrogens is 1480 g/mol. The number of carbonyl (C=O) groups excluding carboxylic acids is 6. The Kier molecular flexibility index (Phi) is 28.5. The Labute approximate surface area is 682 Å². The third-order valence-corrected chi connectivity index (χ3v) is 16.7. The molecule has 25 heteroatoms. The molecule has 1 fully saturated rings. The molecule has 1 saturated heterocycles. The average Bonchev–Trinajstić information content (AvgIpc) is 1.59. The summed E-state index contributed by atoms with van der Waals surface area (Å²) in [7, 11) is 0. The lowest BCUT2D eigenvalue weighted by molar-refractivity contribution is 0.0174. The van der Waals surface area contributed by atoms with E-state index in [1.807, 2.05) is 310 Å². The van der Waals surface area contributed by atoms with Crippen molar-refractivity contribution in [3.8, 4) is 45.3 Å². The standard InChI is InChI=1S/C26H24N2O2.C18H18N2O2.C13H16N2O3.C13H16N2O2.C12H14N2O2.C10H19NO3/c1-26(2,3)30-25(29)28-23(20-15-9-5-10-16-20)22(19-13-7-4-8-14-19)27-24(28)21-17-11-6-12-18-21;1-18(2,3)22-17(21)20-15-12-8-7-11-14(15)19-16(20)13-9-5-4-6-10-13;1-13(2,3)18-12(17)15-10-7-5-4-6-9(10)14-11(15)8-16;1-9-14-10-7-5-6-8-11(10)15(9)12(16)17-13(2,3)4;1-12(2,3)16-11(15)14-8-13-9-6-4-5-7-10(9)14;1-10(2,3)14-9(13)11-6-4-5-8(11)7-12/h4-18H,1-3H3;4-12H,1-3H3;4-7,16H,8H2,1-3H3;5-8H,1-4H3;4-8H,1-3H3;8,12H,4-7H2,1-3H3. The lowest BCUT2D eigenvalue weighted by Crippen LogP contribution is -2.41. The van der Waals surface area contributed by atoms with Gasteiger partial charge < -0.3 is 43.5 Å². The Morgan fingerprint density at radius 3 is 1.15 bits per heavy atom. The van der Waals surface area contributed by atoms with Gasteiger partial charge in [-0.3, -0.25) is 0 Å². The maximum atomic E-state index is 13.4. The quantitative estimate of drug-likeness (QED) is 0.146. The summed E-state index contributed by atoms with van der Waals surface area (Å²) < 4.78 is 39.8. The normalized spacial score (nSPS) is 12.9. The molecule has 1 amide bonds. The highest BCUT2D eigenvalue weighted by Crippen LogP contribution is 2.38. The second kappa shape index (κ2) is 37.8. The van der Waals surface area contributed by atoms with E-state index >= 15 is 0 Å². The zero-order chi connectivity index (χ0) is 85.4. The second-order valence-corrected chi connectivity index (χ2v) is 33.3. The van der Waals surface area contributed by atoms with Crippen molar-refractivity contribution >= 4 is 80.7 Å². The molecule has 13 aromatic rings. The molecular formula is C92H107N11O14. The van der Waals surface area contributed by atoms with Crippen LogP contribution in [0, 0.1) is 6.92 Å². The minimum absolute atomic E-state index is 0.0270. The summed E-state index contributed by atoms with van der Waals surface area (Å²) in [5, 5.41) is 18.3. The molecule has 25 nitrogen and oxygen atoms in total. The van der Waals surface area contributed by atoms with Gasteiger partial charge in [0.2, 0.25) is 0 Å². The van der Waals surface area contributed by atoms with Crippen LogP contribution in [0.15, 0.2) is 225 Å². The summed E-state index contributed by atoms with van der Waals surface area (Å²) >= 11 is 0. The molecule has 1 aliphatic heterocycles. The molecule has 1 aliphatic rings. The van der Waals surface area contributed by atoms with Crippen LogP contribution in [0.1, 0.15) is 149 Å². The van der Waals surface area contributed by atoms with Crippen molar-refractivity contribution in [2.45, 2.75) is 191 Å². The van der Waals surface area contributed by atoms with Crippen molar-refractivity contribution in [3.63, 3.8) is 0 Å². The van der Waals surface area contributed by atoms with Crippen LogP contribution in [-0.2, 0) is 35.0 Å². The van der Waals surface area contributed by atoms with E-state index in [1.165, 1.54) is 24.6 Å². The first-order valence-electron chi connectivity index (χ1n) is 38.6. The maximum absolute atomic E-state index is 13.4. The summed E-state index contributed by atoms with van der Waals surface area (Å²) in [5.74, 6) is 2.07. The third kappa shape index (κ3) is 24.5. The highest BCUT2D eigenvalue weighted by Gasteiger charge is 2.33. The van der Waals surface area contributed by atoms with Crippen molar-refractivity contribution in [1.29, 1.82) is 0 Å². The number of aliphatic hydroxyl groups is 2. The molecule has 117 heavy (non-hydrogen) atoms. The van der Waals surface area contributed by atoms with Gasteiger partial charge in [-0.2, -0.15) is 0 Å². The summed E-state index contributed by atoms with van der Waals surface area (Å²) in [6.45, 7) is 35.3. The number of hydrogen-bond acceptors (Lipinski definition) is 19. The lowest BCUT2D eigenvalue weighted by Gasteiger charge is -2.27. The Morgan fingerprint density at radius 2 is 0.701 bits per heavy atom. The minimum Gasteiger partial charge on any atom is -0.444 e. The molecule has 1 atom stereocenters. The van der Waals surface area contributed by atoms with Gasteiger partial charge in [-0.15, -0.1) is 0 Å². The zero-order valence-corrected chi connectivity index (χ0v) is 70.2. The van der Waals surface area contributed by atoms with Gasteiger partial charge >= 0.3 is 36.6 Å². The number of para-hydroxylation sites is 8. The smallest absolute Gasteiger partial charge is 0.420 e. The van der Waals surface area contributed by atoms with Crippen LogP contribution in [0.25, 0.3) is 89.4 Å². The first kappa shape index (κ1) is 88.3. The topological polar surface area (TPSA) is 291 Å². The molecule has 0 saturated carbocycles. The van der Waals surface area contributed by atoms with Crippen LogP contribution in [0.2, 0.25) is 0 Å². The molecule has 14 rings (SSSR count). The molecule has 0 bridgehead atoms. The number of likely N-dealkylation sites (tertiary alicyclic amines) is 1. The van der Waals surface area contributed by atoms with Gasteiger partial charge in [0.05, 0.1) is 68.2 Å². The lowest BCUT2D eigenvalue weighted by atomic mass is 10.0. The number of aromatic nitrogens is 10. The number of benzene rings is 8. The van der Waals surface area contributed by atoms with Gasteiger partial charge in [0.15, 0.2) is 11.6 Å². The van der Waals surface area contributed by atoms with E-state index in [9.17, 15) is 33.9 Å². The van der Waals surface area contributed by atoms with Crippen molar-refractivity contribution < 1.29 is 67.4 Å². The summed E-state index contributed by atoms with van der Waals surface area (Å²) in [5.41, 5.74) is 7.73. The van der Waals surface area contributed by atoms with E-state index in [0.717, 1.165) is 79.6 Å². The predicted octanol–water partition coefficient (Wildman–Crippen LogP) is 20.8. The number of fused-ring (bicyclic) bond motifs is 4. The zero-order valence-electron chi connectivity index (χ0n) is 70.2. The highest BCUT2D eigenvalue weighted by atomic mass is 16.6. The van der Waals surface area contributed by atoms with Crippen molar-refractivity contribution in [2.24, 2.45) is 0 Å². The number of carbonyl (C=O) groups is 6. The number of rotatable bonds is 6. The molecule has 8 aromatic carbocycles. The molecule has 614 valence electrons. The fraction of sp³-hybridized carbons (Fsp3) is 0.337. The number of hydrogen-bond donors (Lipinski definition) is 2. The van der Waals surface area contributed by atoms with Gasteiger partial charge in [-0.05, 0) is 193 Å². The van der Waals surface area contributed by atoms with E-state index in [2.05, 4.69) is 19.9 Å². The molecule has 0 spiro atoms. The Bertz CT molecular complexity index is 5530. The van der Waals surface area contributed by atoms with Gasteiger partial charge in [0.25, 0.3) is 0 Å². The van der Waals surface area contributed by atoms with Crippen LogP contribution in [0.5, 0.6) is 0 Å². The number of ether oxygens (including phenoxy) is 6. The number of amides is 1. The van der Waals surface area contributed by atoms with E-state index < -0.39 is 58.0 Å². The molecule has 2 N–H and O–H groups in total. The molecule has 0 radical (unpaired) electrons. The number of imidazole rings is 5. The number of aliphatic hydroxyl groups excluding tert-OH is 2. The largest absolute Gasteiger partial charge is 0.444 e. The molecule has 0 aliphatic carbocycles. The van der Waals surface area contributed by atoms with Crippen LogP contribution in [-0.4, -0.2) is 152 Å². The molecule has 1 unspecified atom stereocenters. The maximum Gasteiger partial charge on any atom is 0.420 e. The Hall–Kier alpha value is -12.6. The number of nitrogens with zero attached hydrogens (tertiary/aromatic N) is 11. The van der Waals surface area contributed by atoms with E-state index in [-0.39, 0.29) is 37.3 Å². The fourth-order valence-corrected chi connectivity index (χ4v) is 12.0. The first-order chi connectivity index (χ1) is 55.1. The van der Waals surface area contributed by atoms with Crippen LogP contribution in [0.3, 0.4) is 0 Å². The van der Waals surface area contributed by atoms with Crippen molar-refractivity contribution in [2.75, 3.05) is 13.2 Å². The summed E-state index contributed by atoms with van der Waals surface area (Å²) in [6, 6.07) is 68.8. The van der Waals surface area contributed by atoms with Gasteiger partial charge in [-0.25, -0.2) is 76.5 Å². The number of aryl methyl sites for hydroxylation is 1. The van der Waals surface area contributed by atoms with Crippen molar-refractivity contribution in [1.82, 2.24) is 52.7 Å². The fourth-order valence-electron chi connectivity index (χ4n) is 12.0. The Morgan fingerprint density at radius 1 is 0.359 bits per heavy atom. The Balaban J connectivity index is 0.000000164. The SMILES string of the molecule is CC(C)(C)OC(=O)N1CCCC1CO.CC(C)(C)OC(=O)n1c(-c2ccccc2)nc(-c2ccccc2)c1-c1ccccc1.CC(C)(C)OC(=O)n1c(-c2ccccc2)nc2ccccc21.CC(C)(C)OC(=O)n1c(CO)nc2ccccc21.CC(C)(C)OC(=O)n1cnc2ccccc21.Cc1nc2ccccc2n1C(=O)OC(C)(C)C. The predicted molar refractivity (Wildman–Crippen MR) is 455 cm³/mol. The summed E-state index contributed by atoms with van der Waals surface area (Å²) in [4.78, 5) is 97.5. The average molecular weight is 1590 g/mol. The highest BCUT2D eigenvalue weighted by molar-refractivity contribution is 5.94. The van der Waals surface area contributed by atoms with Gasteiger partial charge in [0.1, 0.15) is 58.2 Å². The van der Waals surface area contributed by atoms with Crippen molar-refractivity contribution in [3.05, 3.63) is 236 Å². The van der Waals surface area contributed by atoms with Crippen LogP contribution < -0.4 is 0 Å². The van der Waals surface area contributed by atoms with Crippen LogP contribution >= 0.6 is 0 Å². The van der Waals surface area contributed by atoms with E-state index in [0.29, 0.717) is 35.1 Å². The first-order valence-corrected chi connectivity index (χ1v) is 38.6. The third-order valence-electron chi connectivity index (χ3n) is 16.7.